The molecule has 1 rings (SSSR count). The quantitative estimate of drug-likeness (QED) is 0.545. The third-order valence-electron chi connectivity index (χ3n) is 1.61. The number of ether oxygens (including phenoxy) is 1. The van der Waals surface area contributed by atoms with Gasteiger partial charge in [-0.2, -0.15) is 5.26 Å². The third kappa shape index (κ3) is 2.00. The molecule has 0 aliphatic rings. The van der Waals surface area contributed by atoms with Crippen molar-refractivity contribution in [2.45, 2.75) is 0 Å². The molecule has 0 radical (unpaired) electrons. The Balaban J connectivity index is 3.14. The molecule has 2 N–H and O–H groups in total. The molecular weight excluding hydrogens is 164 g/mol. The van der Waals surface area contributed by atoms with Crippen LogP contribution in [0.25, 0.3) is 5.76 Å². The first-order chi connectivity index (χ1) is 6.29. The molecule has 0 aliphatic carbocycles. The van der Waals surface area contributed by atoms with Crippen molar-refractivity contribution in [2.75, 3.05) is 7.11 Å². The summed E-state index contributed by atoms with van der Waals surface area (Å²) in [6.07, 6.45) is 0. The molecule has 13 heavy (non-hydrogen) atoms. The van der Waals surface area contributed by atoms with Crippen LogP contribution in [-0.2, 0) is 4.74 Å². The molecule has 0 aliphatic heterocycles. The third-order valence-corrected chi connectivity index (χ3v) is 1.61. The lowest BCUT2D eigenvalue weighted by atomic mass is 10.1. The molecule has 1 aromatic rings. The van der Waals surface area contributed by atoms with Crippen LogP contribution >= 0.6 is 0 Å². The topological polar surface area (TPSA) is 59.0 Å². The van der Waals surface area contributed by atoms with Gasteiger partial charge < -0.3 is 10.5 Å². The molecule has 0 spiro atoms. The van der Waals surface area contributed by atoms with E-state index in [1.165, 1.54) is 7.11 Å². The molecule has 3 nitrogen and oxygen atoms in total. The Labute approximate surface area is 77.0 Å². The summed E-state index contributed by atoms with van der Waals surface area (Å²) in [5.41, 5.74) is 6.35. The van der Waals surface area contributed by atoms with E-state index >= 15 is 0 Å². The van der Waals surface area contributed by atoms with Crippen LogP contribution in [0.5, 0.6) is 0 Å². The number of hydrogen-bond acceptors (Lipinski definition) is 3. The predicted octanol–water partition coefficient (Wildman–Crippen LogP) is 1.48. The van der Waals surface area contributed by atoms with Crippen LogP contribution in [0.2, 0.25) is 0 Å². The molecule has 66 valence electrons. The second-order valence-corrected chi connectivity index (χ2v) is 2.42. The summed E-state index contributed by atoms with van der Waals surface area (Å²) >= 11 is 0. The average molecular weight is 174 g/mol. The maximum atomic E-state index is 8.58. The second kappa shape index (κ2) is 4.17. The van der Waals surface area contributed by atoms with Crippen molar-refractivity contribution in [3.63, 3.8) is 0 Å². The van der Waals surface area contributed by atoms with Crippen molar-refractivity contribution in [3.8, 4) is 6.07 Å². The molecule has 3 heteroatoms. The first-order valence-electron chi connectivity index (χ1n) is 3.79. The van der Waals surface area contributed by atoms with Gasteiger partial charge in [0.15, 0.2) is 11.5 Å². The summed E-state index contributed by atoms with van der Waals surface area (Å²) in [6, 6.07) is 11.1. The Morgan fingerprint density at radius 1 is 1.38 bits per heavy atom. The van der Waals surface area contributed by atoms with E-state index in [9.17, 15) is 0 Å². The first-order valence-corrected chi connectivity index (χ1v) is 3.79. The Kier molecular flexibility index (Phi) is 2.93. The van der Waals surface area contributed by atoms with Crippen LogP contribution in [0.3, 0.4) is 0 Å². The van der Waals surface area contributed by atoms with E-state index in [0.717, 1.165) is 5.56 Å². The molecule has 0 saturated carbocycles. The standard InChI is InChI=1S/C10H10N2O/c1-13-10(9(12)7-11)8-5-3-2-4-6-8/h2-6H,12H2,1H3/b10-9-. The Morgan fingerprint density at radius 2 is 2.00 bits per heavy atom. The van der Waals surface area contributed by atoms with E-state index in [2.05, 4.69) is 0 Å². The van der Waals surface area contributed by atoms with Crippen molar-refractivity contribution in [1.82, 2.24) is 0 Å². The van der Waals surface area contributed by atoms with E-state index in [0.29, 0.717) is 5.76 Å². The molecule has 0 saturated heterocycles. The van der Waals surface area contributed by atoms with Crippen LogP contribution in [-0.4, -0.2) is 7.11 Å². The van der Waals surface area contributed by atoms with E-state index in [4.69, 9.17) is 15.7 Å². The SMILES string of the molecule is CO/C(=C(\N)C#N)c1ccccc1. The monoisotopic (exact) mass is 174 g/mol. The first kappa shape index (κ1) is 9.14. The van der Waals surface area contributed by atoms with Gasteiger partial charge in [-0.25, -0.2) is 0 Å². The van der Waals surface area contributed by atoms with E-state index in [-0.39, 0.29) is 5.70 Å². The Morgan fingerprint density at radius 3 is 2.46 bits per heavy atom. The normalized spacial score (nSPS) is 11.4. The van der Waals surface area contributed by atoms with Gasteiger partial charge in [-0.3, -0.25) is 0 Å². The number of allylic oxidation sites excluding steroid dienone is 1. The second-order valence-electron chi connectivity index (χ2n) is 2.42. The largest absolute Gasteiger partial charge is 0.493 e. The fraction of sp³-hybridized carbons (Fsp3) is 0.100. The Hall–Kier alpha value is -1.95. The van der Waals surface area contributed by atoms with Crippen molar-refractivity contribution < 1.29 is 4.74 Å². The number of rotatable bonds is 2. The lowest BCUT2D eigenvalue weighted by molar-refractivity contribution is 0.367. The van der Waals surface area contributed by atoms with Crippen LogP contribution in [0, 0.1) is 11.3 Å². The average Bonchev–Trinajstić information content (AvgIpc) is 2.20. The summed E-state index contributed by atoms with van der Waals surface area (Å²) in [4.78, 5) is 0. The van der Waals surface area contributed by atoms with E-state index < -0.39 is 0 Å². The summed E-state index contributed by atoms with van der Waals surface area (Å²) in [5.74, 6) is 0.420. The number of nitriles is 1. The highest BCUT2D eigenvalue weighted by molar-refractivity contribution is 5.65. The molecule has 0 aromatic heterocycles. The molecule has 0 fully saturated rings. The number of hydrogen-bond donors (Lipinski definition) is 1. The minimum absolute atomic E-state index is 0.0914. The molecule has 0 bridgehead atoms. The van der Waals surface area contributed by atoms with Crippen LogP contribution in [0.1, 0.15) is 5.56 Å². The van der Waals surface area contributed by atoms with Crippen molar-refractivity contribution in [1.29, 1.82) is 5.26 Å². The maximum Gasteiger partial charge on any atom is 0.159 e. The van der Waals surface area contributed by atoms with Crippen LogP contribution < -0.4 is 5.73 Å². The summed E-state index contributed by atoms with van der Waals surface area (Å²) in [6.45, 7) is 0. The highest BCUT2D eigenvalue weighted by Crippen LogP contribution is 2.15. The van der Waals surface area contributed by atoms with Gasteiger partial charge in [0.05, 0.1) is 7.11 Å². The minimum Gasteiger partial charge on any atom is -0.493 e. The lowest BCUT2D eigenvalue weighted by Gasteiger charge is -2.05. The zero-order chi connectivity index (χ0) is 9.68. The predicted molar refractivity (Wildman–Crippen MR) is 50.2 cm³/mol. The van der Waals surface area contributed by atoms with Crippen LogP contribution in [0.4, 0.5) is 0 Å². The number of nitrogens with zero attached hydrogens (tertiary/aromatic N) is 1. The molecule has 0 heterocycles. The van der Waals surface area contributed by atoms with Gasteiger partial charge >= 0.3 is 0 Å². The molecule has 0 unspecified atom stereocenters. The molecule has 0 amide bonds. The number of benzene rings is 1. The maximum absolute atomic E-state index is 8.58. The number of methoxy groups -OCH3 is 1. The number of nitrogens with two attached hydrogens (primary N) is 1. The van der Waals surface area contributed by atoms with Gasteiger partial charge in [-0.1, -0.05) is 30.3 Å². The fourth-order valence-electron chi connectivity index (χ4n) is 1.02. The van der Waals surface area contributed by atoms with Crippen molar-refractivity contribution >= 4 is 5.76 Å². The van der Waals surface area contributed by atoms with Gasteiger partial charge in [0, 0.05) is 5.56 Å². The van der Waals surface area contributed by atoms with Gasteiger partial charge in [-0.15, -0.1) is 0 Å². The Bertz CT molecular complexity index is 349. The summed E-state index contributed by atoms with van der Waals surface area (Å²) in [7, 11) is 1.49. The van der Waals surface area contributed by atoms with E-state index in [1.807, 2.05) is 36.4 Å². The molecule has 0 atom stereocenters. The zero-order valence-electron chi connectivity index (χ0n) is 7.32. The molecule has 1 aromatic carbocycles. The van der Waals surface area contributed by atoms with Gasteiger partial charge in [0.1, 0.15) is 6.07 Å². The highest BCUT2D eigenvalue weighted by atomic mass is 16.5. The minimum atomic E-state index is 0.0914. The fourth-order valence-corrected chi connectivity index (χ4v) is 1.02. The smallest absolute Gasteiger partial charge is 0.159 e. The van der Waals surface area contributed by atoms with Crippen molar-refractivity contribution in [2.24, 2.45) is 5.73 Å². The van der Waals surface area contributed by atoms with Gasteiger partial charge in [0.2, 0.25) is 0 Å². The van der Waals surface area contributed by atoms with Crippen LogP contribution in [0.15, 0.2) is 36.0 Å². The van der Waals surface area contributed by atoms with Gasteiger partial charge in [0.25, 0.3) is 0 Å². The van der Waals surface area contributed by atoms with Gasteiger partial charge in [-0.05, 0) is 0 Å². The lowest BCUT2D eigenvalue weighted by Crippen LogP contribution is -2.01. The van der Waals surface area contributed by atoms with Crippen molar-refractivity contribution in [3.05, 3.63) is 41.6 Å². The van der Waals surface area contributed by atoms with E-state index in [1.54, 1.807) is 0 Å². The summed E-state index contributed by atoms with van der Waals surface area (Å²) < 4.78 is 5.02. The zero-order valence-corrected chi connectivity index (χ0v) is 7.32. The summed E-state index contributed by atoms with van der Waals surface area (Å²) in [5, 5.41) is 8.58. The molecular formula is C10H10N2O. The highest BCUT2D eigenvalue weighted by Gasteiger charge is 2.04.